The van der Waals surface area contributed by atoms with E-state index in [-0.39, 0.29) is 29.6 Å². The fourth-order valence-corrected chi connectivity index (χ4v) is 1.26. The van der Waals surface area contributed by atoms with E-state index in [1.807, 2.05) is 0 Å². The third kappa shape index (κ3) is 1.62. The average molecular weight is 205 g/mol. The van der Waals surface area contributed by atoms with Crippen molar-refractivity contribution in [1.82, 2.24) is 15.0 Å². The molecule has 0 aromatic carbocycles. The number of aromatic amines is 1. The first kappa shape index (κ1) is 11.1. The monoisotopic (exact) mass is 204 g/mol. The predicted octanol–water partition coefficient (Wildman–Crippen LogP) is 0.929. The third-order valence-corrected chi connectivity index (χ3v) is 1.93. The number of rotatable bonds is 1. The zero-order valence-electron chi connectivity index (χ0n) is 7.28. The van der Waals surface area contributed by atoms with Crippen LogP contribution in [0.25, 0.3) is 11.0 Å². The van der Waals surface area contributed by atoms with Crippen molar-refractivity contribution < 1.29 is 9.90 Å². The molecule has 0 spiro atoms. The van der Waals surface area contributed by atoms with Crippen LogP contribution in [-0.2, 0) is 0 Å². The van der Waals surface area contributed by atoms with E-state index in [1.54, 1.807) is 0 Å². The number of carboxylic acids is 1. The molecule has 2 heterocycles. The van der Waals surface area contributed by atoms with Gasteiger partial charge in [0.15, 0.2) is 5.15 Å². The largest absolute Gasteiger partial charge is 0.478 e. The summed E-state index contributed by atoms with van der Waals surface area (Å²) in [5.74, 6) is -1.04. The summed E-state index contributed by atoms with van der Waals surface area (Å²) in [6.07, 6.45) is 2.57. The van der Waals surface area contributed by atoms with Crippen LogP contribution < -0.4 is 0 Å². The van der Waals surface area contributed by atoms with Crippen molar-refractivity contribution in [2.45, 2.75) is 0 Å². The van der Waals surface area contributed by atoms with E-state index in [2.05, 4.69) is 15.0 Å². The fraction of sp³-hybridized carbons (Fsp3) is 0. The van der Waals surface area contributed by atoms with Crippen molar-refractivity contribution in [1.29, 1.82) is 0 Å². The predicted molar refractivity (Wildman–Crippen MR) is 51.6 cm³/mol. The molecule has 2 N–H and O–H groups in total. The zero-order chi connectivity index (χ0) is 9.42. The Morgan fingerprint density at radius 2 is 2.21 bits per heavy atom. The van der Waals surface area contributed by atoms with Crippen LogP contribution in [0.1, 0.15) is 10.4 Å². The van der Waals surface area contributed by atoms with E-state index < -0.39 is 5.97 Å². The Balaban J connectivity index is 0.000000980. The van der Waals surface area contributed by atoms with Gasteiger partial charge in [-0.15, -0.1) is 0 Å². The van der Waals surface area contributed by atoms with Crippen LogP contribution >= 0.6 is 11.6 Å². The SMILES string of the molecule is O=C(O)c1c[nH]c2c(Cl)ncnc12.[Li]. The molecule has 0 bridgehead atoms. The van der Waals surface area contributed by atoms with Crippen molar-refractivity contribution in [3.05, 3.63) is 23.2 Å². The van der Waals surface area contributed by atoms with Gasteiger partial charge >= 0.3 is 5.97 Å². The first-order valence-corrected chi connectivity index (χ1v) is 3.79. The van der Waals surface area contributed by atoms with E-state index in [0.717, 1.165) is 0 Å². The summed E-state index contributed by atoms with van der Waals surface area (Å²) in [5, 5.41) is 8.96. The van der Waals surface area contributed by atoms with Gasteiger partial charge < -0.3 is 10.1 Å². The van der Waals surface area contributed by atoms with Crippen molar-refractivity contribution >= 4 is 47.5 Å². The molecule has 0 aliphatic carbocycles. The summed E-state index contributed by atoms with van der Waals surface area (Å²) in [5.41, 5.74) is 0.869. The van der Waals surface area contributed by atoms with Crippen molar-refractivity contribution in [2.75, 3.05) is 0 Å². The van der Waals surface area contributed by atoms with Gasteiger partial charge in [0.05, 0.1) is 0 Å². The maximum atomic E-state index is 10.7. The Hall–Kier alpha value is -1.02. The summed E-state index contributed by atoms with van der Waals surface area (Å²) >= 11 is 5.70. The molecule has 2 aromatic rings. The number of halogens is 1. The second kappa shape index (κ2) is 4.01. The zero-order valence-corrected chi connectivity index (χ0v) is 8.04. The molecule has 14 heavy (non-hydrogen) atoms. The summed E-state index contributed by atoms with van der Waals surface area (Å²) in [6, 6.07) is 0. The van der Waals surface area contributed by atoms with Gasteiger partial charge in [0.1, 0.15) is 22.9 Å². The van der Waals surface area contributed by atoms with E-state index >= 15 is 0 Å². The number of nitrogens with zero attached hydrogens (tertiary/aromatic N) is 2. The van der Waals surface area contributed by atoms with E-state index in [1.165, 1.54) is 12.5 Å². The molecule has 1 radical (unpaired) electrons. The van der Waals surface area contributed by atoms with Gasteiger partial charge in [-0.2, -0.15) is 0 Å². The number of hydrogen-bond acceptors (Lipinski definition) is 3. The summed E-state index contributed by atoms with van der Waals surface area (Å²) < 4.78 is 0. The standard InChI is InChI=1S/C7H4ClN3O2.Li/c8-6-5-4(10-2-11-6)3(1-9-5)7(12)13;/h1-2,9H,(H,12,13);. The molecule has 0 saturated heterocycles. The first-order chi connectivity index (χ1) is 6.20. The molecule has 0 aliphatic heterocycles. The minimum Gasteiger partial charge on any atom is -0.478 e. The van der Waals surface area contributed by atoms with Crippen molar-refractivity contribution in [3.8, 4) is 0 Å². The molecule has 0 unspecified atom stereocenters. The van der Waals surface area contributed by atoms with Crippen LogP contribution in [0, 0.1) is 0 Å². The number of carboxylic acid groups (broad SMARTS) is 1. The van der Waals surface area contributed by atoms with Crippen LogP contribution in [-0.4, -0.2) is 44.9 Å². The second-order valence-corrected chi connectivity index (χ2v) is 2.75. The van der Waals surface area contributed by atoms with Crippen molar-refractivity contribution in [2.24, 2.45) is 0 Å². The smallest absolute Gasteiger partial charge is 0.339 e. The molecule has 0 fully saturated rings. The molecule has 0 aliphatic rings. The summed E-state index contributed by atoms with van der Waals surface area (Å²) in [6.45, 7) is 0. The Labute approximate surface area is 95.7 Å². The first-order valence-electron chi connectivity index (χ1n) is 3.41. The van der Waals surface area contributed by atoms with Gasteiger partial charge in [0.2, 0.25) is 0 Å². The van der Waals surface area contributed by atoms with Gasteiger partial charge in [0.25, 0.3) is 0 Å². The Morgan fingerprint density at radius 3 is 2.86 bits per heavy atom. The Bertz CT molecular complexity index is 485. The Morgan fingerprint density at radius 1 is 1.50 bits per heavy atom. The molecule has 0 atom stereocenters. The van der Waals surface area contributed by atoms with Crippen LogP contribution in [0.5, 0.6) is 0 Å². The maximum absolute atomic E-state index is 10.7. The van der Waals surface area contributed by atoms with Gasteiger partial charge in [0, 0.05) is 25.1 Å². The number of hydrogen-bond donors (Lipinski definition) is 2. The topological polar surface area (TPSA) is 78.9 Å². The minimum absolute atomic E-state index is 0. The Kier molecular flexibility index (Phi) is 3.16. The molecule has 67 valence electrons. The number of H-pyrrole nitrogens is 1. The minimum atomic E-state index is -1.04. The number of carbonyl (C=O) groups is 1. The van der Waals surface area contributed by atoms with Crippen LogP contribution in [0.15, 0.2) is 12.5 Å². The van der Waals surface area contributed by atoms with E-state index in [4.69, 9.17) is 16.7 Å². The van der Waals surface area contributed by atoms with Gasteiger partial charge in [-0.25, -0.2) is 14.8 Å². The number of aromatic carboxylic acids is 1. The molecule has 7 heteroatoms. The van der Waals surface area contributed by atoms with Gasteiger partial charge in [-0.3, -0.25) is 0 Å². The molecule has 0 saturated carbocycles. The quantitative estimate of drug-likeness (QED) is 0.535. The number of aromatic nitrogens is 3. The summed E-state index contributed by atoms with van der Waals surface area (Å²) in [7, 11) is 0. The molecule has 0 amide bonds. The van der Waals surface area contributed by atoms with Crippen LogP contribution in [0.4, 0.5) is 0 Å². The summed E-state index contributed by atoms with van der Waals surface area (Å²) in [4.78, 5) is 20.9. The van der Waals surface area contributed by atoms with Gasteiger partial charge in [-0.05, 0) is 0 Å². The van der Waals surface area contributed by atoms with Crippen LogP contribution in [0.3, 0.4) is 0 Å². The van der Waals surface area contributed by atoms with E-state index in [9.17, 15) is 4.79 Å². The molecular formula is C7H4ClLiN3O2. The second-order valence-electron chi connectivity index (χ2n) is 2.40. The maximum Gasteiger partial charge on any atom is 0.339 e. The molecule has 2 aromatic heterocycles. The molecule has 5 nitrogen and oxygen atoms in total. The molecule has 2 rings (SSSR count). The fourth-order valence-electron chi connectivity index (χ4n) is 1.07. The average Bonchev–Trinajstić information content (AvgIpc) is 2.48. The van der Waals surface area contributed by atoms with Crippen molar-refractivity contribution in [3.63, 3.8) is 0 Å². The van der Waals surface area contributed by atoms with Gasteiger partial charge in [-0.1, -0.05) is 11.6 Å². The van der Waals surface area contributed by atoms with E-state index in [0.29, 0.717) is 11.0 Å². The number of fused-ring (bicyclic) bond motifs is 1. The molecular weight excluding hydrogens is 200 g/mol. The number of nitrogens with one attached hydrogen (secondary N) is 1. The third-order valence-electron chi connectivity index (χ3n) is 1.65. The normalized spacial score (nSPS) is 9.79. The van der Waals surface area contributed by atoms with Crippen LogP contribution in [0.2, 0.25) is 5.15 Å².